The van der Waals surface area contributed by atoms with Crippen molar-refractivity contribution in [3.8, 4) is 5.75 Å². The smallest absolute Gasteiger partial charge is 0.255 e. The summed E-state index contributed by atoms with van der Waals surface area (Å²) >= 11 is 0. The van der Waals surface area contributed by atoms with E-state index in [-0.39, 0.29) is 5.56 Å². The molecule has 1 aromatic heterocycles. The minimum Gasteiger partial charge on any atom is -0.494 e. The molecule has 0 saturated carbocycles. The highest BCUT2D eigenvalue weighted by molar-refractivity contribution is 5.81. The third-order valence-corrected chi connectivity index (χ3v) is 3.28. The van der Waals surface area contributed by atoms with Crippen molar-refractivity contribution < 1.29 is 4.74 Å². The average Bonchev–Trinajstić information content (AvgIpc) is 2.41. The van der Waals surface area contributed by atoms with Gasteiger partial charge >= 0.3 is 0 Å². The summed E-state index contributed by atoms with van der Waals surface area (Å²) in [6, 6.07) is 8.12. The van der Waals surface area contributed by atoms with Crippen molar-refractivity contribution in [1.82, 2.24) is 9.88 Å². The molecule has 4 nitrogen and oxygen atoms in total. The van der Waals surface area contributed by atoms with E-state index < -0.39 is 0 Å². The van der Waals surface area contributed by atoms with E-state index in [1.54, 1.807) is 4.57 Å². The number of hydrogen-bond donors (Lipinski definition) is 1. The van der Waals surface area contributed by atoms with Crippen LogP contribution in [0.15, 0.2) is 29.1 Å². The molecule has 0 atom stereocenters. The lowest BCUT2D eigenvalue weighted by Gasteiger charge is -2.12. The van der Waals surface area contributed by atoms with E-state index in [2.05, 4.69) is 19.2 Å². The molecule has 0 spiro atoms. The summed E-state index contributed by atoms with van der Waals surface area (Å²) in [4.78, 5) is 12.3. The standard InChI is InChI=1S/C16H22N2O2/c1-5-20-14-6-7-15-12(9-14)8-13(10-17-11(2)3)16(19)18(15)4/h6-9,11,17H,5,10H2,1-4H3. The first-order valence-corrected chi connectivity index (χ1v) is 7.01. The van der Waals surface area contributed by atoms with Crippen LogP contribution in [0.3, 0.4) is 0 Å². The maximum absolute atomic E-state index is 12.3. The van der Waals surface area contributed by atoms with Crippen LogP contribution in [0.4, 0.5) is 0 Å². The molecule has 0 radical (unpaired) electrons. The molecule has 1 heterocycles. The second-order valence-corrected chi connectivity index (χ2v) is 5.22. The fourth-order valence-corrected chi connectivity index (χ4v) is 2.23. The van der Waals surface area contributed by atoms with Crippen molar-refractivity contribution in [2.24, 2.45) is 7.05 Å². The number of benzene rings is 1. The van der Waals surface area contributed by atoms with Gasteiger partial charge in [-0.05, 0) is 31.2 Å². The monoisotopic (exact) mass is 274 g/mol. The van der Waals surface area contributed by atoms with Gasteiger partial charge in [-0.2, -0.15) is 0 Å². The Kier molecular flexibility index (Phi) is 4.45. The van der Waals surface area contributed by atoms with Crippen molar-refractivity contribution >= 4 is 10.9 Å². The highest BCUT2D eigenvalue weighted by Crippen LogP contribution is 2.20. The second kappa shape index (κ2) is 6.09. The van der Waals surface area contributed by atoms with Crippen LogP contribution in [-0.2, 0) is 13.6 Å². The molecule has 0 amide bonds. The Morgan fingerprint density at radius 3 is 2.70 bits per heavy atom. The van der Waals surface area contributed by atoms with Crippen molar-refractivity contribution in [2.75, 3.05) is 6.61 Å². The maximum Gasteiger partial charge on any atom is 0.255 e. The van der Waals surface area contributed by atoms with Gasteiger partial charge in [-0.3, -0.25) is 4.79 Å². The van der Waals surface area contributed by atoms with E-state index in [0.717, 1.165) is 22.2 Å². The van der Waals surface area contributed by atoms with E-state index in [4.69, 9.17) is 4.74 Å². The van der Waals surface area contributed by atoms with Gasteiger partial charge in [0, 0.05) is 30.6 Å². The van der Waals surface area contributed by atoms with Crippen molar-refractivity contribution in [3.05, 3.63) is 40.2 Å². The number of aryl methyl sites for hydroxylation is 1. The summed E-state index contributed by atoms with van der Waals surface area (Å²) in [6.45, 7) is 7.32. The summed E-state index contributed by atoms with van der Waals surface area (Å²) < 4.78 is 7.22. The van der Waals surface area contributed by atoms with Gasteiger partial charge in [-0.25, -0.2) is 0 Å². The third kappa shape index (κ3) is 3.02. The number of nitrogens with one attached hydrogen (secondary N) is 1. The number of nitrogens with zero attached hydrogens (tertiary/aromatic N) is 1. The summed E-state index contributed by atoms with van der Waals surface area (Å²) in [6.07, 6.45) is 0. The third-order valence-electron chi connectivity index (χ3n) is 3.28. The lowest BCUT2D eigenvalue weighted by atomic mass is 10.1. The first-order valence-electron chi connectivity index (χ1n) is 7.01. The number of rotatable bonds is 5. The Hall–Kier alpha value is -1.81. The summed E-state index contributed by atoms with van der Waals surface area (Å²) in [5.74, 6) is 0.835. The number of fused-ring (bicyclic) bond motifs is 1. The molecule has 0 aliphatic carbocycles. The van der Waals surface area contributed by atoms with Crippen LogP contribution in [0.25, 0.3) is 10.9 Å². The van der Waals surface area contributed by atoms with Crippen LogP contribution in [0.2, 0.25) is 0 Å². The summed E-state index contributed by atoms with van der Waals surface area (Å²) in [5.41, 5.74) is 1.75. The van der Waals surface area contributed by atoms with Crippen LogP contribution in [0.1, 0.15) is 26.3 Å². The summed E-state index contributed by atoms with van der Waals surface area (Å²) in [5, 5.41) is 4.32. The fourth-order valence-electron chi connectivity index (χ4n) is 2.23. The first-order chi connectivity index (χ1) is 9.52. The molecule has 2 aromatic rings. The second-order valence-electron chi connectivity index (χ2n) is 5.22. The molecular formula is C16H22N2O2. The predicted octanol–water partition coefficient (Wildman–Crippen LogP) is 2.44. The predicted molar refractivity (Wildman–Crippen MR) is 82.3 cm³/mol. The molecule has 0 saturated heterocycles. The minimum absolute atomic E-state index is 0.0507. The van der Waals surface area contributed by atoms with Crippen LogP contribution in [0.5, 0.6) is 5.75 Å². The van der Waals surface area contributed by atoms with Gasteiger partial charge in [0.2, 0.25) is 0 Å². The van der Waals surface area contributed by atoms with Crippen LogP contribution < -0.4 is 15.6 Å². The van der Waals surface area contributed by atoms with Gasteiger partial charge in [0.1, 0.15) is 5.75 Å². The molecule has 1 aromatic carbocycles. The Morgan fingerprint density at radius 2 is 2.05 bits per heavy atom. The van der Waals surface area contributed by atoms with Crippen LogP contribution >= 0.6 is 0 Å². The summed E-state index contributed by atoms with van der Waals surface area (Å²) in [7, 11) is 1.81. The molecule has 20 heavy (non-hydrogen) atoms. The molecule has 2 rings (SSSR count). The lowest BCUT2D eigenvalue weighted by Crippen LogP contribution is -2.29. The van der Waals surface area contributed by atoms with Gasteiger partial charge < -0.3 is 14.6 Å². The van der Waals surface area contributed by atoms with E-state index in [9.17, 15) is 4.79 Å². The minimum atomic E-state index is 0.0507. The van der Waals surface area contributed by atoms with Gasteiger partial charge in [-0.1, -0.05) is 13.8 Å². The maximum atomic E-state index is 12.3. The molecule has 0 unspecified atom stereocenters. The van der Waals surface area contributed by atoms with Gasteiger partial charge in [0.05, 0.1) is 12.1 Å². The quantitative estimate of drug-likeness (QED) is 0.910. The van der Waals surface area contributed by atoms with Crippen LogP contribution in [0, 0.1) is 0 Å². The van der Waals surface area contributed by atoms with E-state index in [0.29, 0.717) is 19.2 Å². The normalized spacial score (nSPS) is 11.2. The SMILES string of the molecule is CCOc1ccc2c(c1)cc(CNC(C)C)c(=O)n2C. The Bertz CT molecular complexity index is 659. The van der Waals surface area contributed by atoms with Crippen molar-refractivity contribution in [3.63, 3.8) is 0 Å². The Morgan fingerprint density at radius 1 is 1.30 bits per heavy atom. The Balaban J connectivity index is 2.48. The molecule has 0 aliphatic heterocycles. The molecule has 1 N–H and O–H groups in total. The fraction of sp³-hybridized carbons (Fsp3) is 0.438. The molecule has 4 heteroatoms. The number of hydrogen-bond acceptors (Lipinski definition) is 3. The lowest BCUT2D eigenvalue weighted by molar-refractivity contribution is 0.340. The van der Waals surface area contributed by atoms with Gasteiger partial charge in [0.25, 0.3) is 5.56 Å². The number of pyridine rings is 1. The molecular weight excluding hydrogens is 252 g/mol. The molecule has 0 aliphatic rings. The molecule has 108 valence electrons. The van der Waals surface area contributed by atoms with Crippen LogP contribution in [-0.4, -0.2) is 17.2 Å². The molecule has 0 fully saturated rings. The first kappa shape index (κ1) is 14.6. The zero-order valence-corrected chi connectivity index (χ0v) is 12.6. The van der Waals surface area contributed by atoms with E-state index >= 15 is 0 Å². The zero-order valence-electron chi connectivity index (χ0n) is 12.6. The van der Waals surface area contributed by atoms with Gasteiger partial charge in [0.15, 0.2) is 0 Å². The Labute approximate surface area is 119 Å². The number of ether oxygens (including phenoxy) is 1. The largest absolute Gasteiger partial charge is 0.494 e. The van der Waals surface area contributed by atoms with Crippen molar-refractivity contribution in [1.29, 1.82) is 0 Å². The average molecular weight is 274 g/mol. The zero-order chi connectivity index (χ0) is 14.7. The number of aromatic nitrogens is 1. The molecule has 0 bridgehead atoms. The highest BCUT2D eigenvalue weighted by atomic mass is 16.5. The van der Waals surface area contributed by atoms with E-state index in [1.165, 1.54) is 0 Å². The highest BCUT2D eigenvalue weighted by Gasteiger charge is 2.08. The van der Waals surface area contributed by atoms with E-state index in [1.807, 2.05) is 38.2 Å². The topological polar surface area (TPSA) is 43.3 Å². The van der Waals surface area contributed by atoms with Crippen molar-refractivity contribution in [2.45, 2.75) is 33.4 Å². The van der Waals surface area contributed by atoms with Gasteiger partial charge in [-0.15, -0.1) is 0 Å².